The summed E-state index contributed by atoms with van der Waals surface area (Å²) in [5, 5.41) is 4.11. The Labute approximate surface area is 97.1 Å². The predicted octanol–water partition coefficient (Wildman–Crippen LogP) is 1.24. The molecule has 0 atom stereocenters. The molecule has 84 valence electrons. The Morgan fingerprint density at radius 1 is 1.24 bits per heavy atom. The fraction of sp³-hybridized carbons (Fsp3) is 0. The molecule has 0 amide bonds. The van der Waals surface area contributed by atoms with E-state index >= 15 is 0 Å². The highest BCUT2D eigenvalue weighted by atomic mass is 15.3. The van der Waals surface area contributed by atoms with Crippen molar-refractivity contribution in [3.05, 3.63) is 43.1 Å². The molecule has 0 spiro atoms. The first kappa shape index (κ1) is 9.59. The Kier molecular flexibility index (Phi) is 2.11. The standard InChI is InChI=1S/C11H10N6/c12-10-2-4-16-17(10)11-5-8(1-3-14-11)9-6-13-7-15-9/h1-7H,12H2,(H,13,15). The van der Waals surface area contributed by atoms with Crippen LogP contribution in [-0.4, -0.2) is 24.7 Å². The molecule has 3 heterocycles. The second-order valence-electron chi connectivity index (χ2n) is 3.54. The van der Waals surface area contributed by atoms with Gasteiger partial charge in [0.1, 0.15) is 5.82 Å². The minimum atomic E-state index is 0.555. The van der Waals surface area contributed by atoms with E-state index in [0.717, 1.165) is 11.3 Å². The number of imidazole rings is 1. The highest BCUT2D eigenvalue weighted by Crippen LogP contribution is 2.18. The Morgan fingerprint density at radius 3 is 2.88 bits per heavy atom. The number of nitrogen functional groups attached to an aromatic ring is 1. The van der Waals surface area contributed by atoms with Crippen molar-refractivity contribution in [3.8, 4) is 17.1 Å². The van der Waals surface area contributed by atoms with Crippen LogP contribution in [0.4, 0.5) is 5.82 Å². The number of pyridine rings is 1. The van der Waals surface area contributed by atoms with Crippen LogP contribution in [0.5, 0.6) is 0 Å². The van der Waals surface area contributed by atoms with Crippen LogP contribution in [0.3, 0.4) is 0 Å². The summed E-state index contributed by atoms with van der Waals surface area (Å²) in [7, 11) is 0. The minimum absolute atomic E-state index is 0.555. The van der Waals surface area contributed by atoms with E-state index in [1.54, 1.807) is 35.7 Å². The van der Waals surface area contributed by atoms with Crippen LogP contribution in [-0.2, 0) is 0 Å². The second-order valence-corrected chi connectivity index (χ2v) is 3.54. The molecule has 6 nitrogen and oxygen atoms in total. The Hall–Kier alpha value is -2.63. The Bertz CT molecular complexity index is 625. The molecule has 3 aromatic rings. The summed E-state index contributed by atoms with van der Waals surface area (Å²) in [5.41, 5.74) is 7.70. The molecule has 3 aromatic heterocycles. The van der Waals surface area contributed by atoms with E-state index in [-0.39, 0.29) is 0 Å². The van der Waals surface area contributed by atoms with E-state index in [2.05, 4.69) is 20.1 Å². The molecule has 0 aliphatic carbocycles. The van der Waals surface area contributed by atoms with Crippen molar-refractivity contribution in [1.29, 1.82) is 0 Å². The van der Waals surface area contributed by atoms with Gasteiger partial charge in [-0.2, -0.15) is 9.78 Å². The number of nitrogens with zero attached hydrogens (tertiary/aromatic N) is 4. The quantitative estimate of drug-likeness (QED) is 0.688. The molecule has 0 aliphatic heterocycles. The van der Waals surface area contributed by atoms with Crippen LogP contribution in [0.15, 0.2) is 43.1 Å². The van der Waals surface area contributed by atoms with E-state index in [1.807, 2.05) is 12.1 Å². The molecular formula is C11H10N6. The van der Waals surface area contributed by atoms with Gasteiger partial charge in [-0.3, -0.25) is 0 Å². The van der Waals surface area contributed by atoms with E-state index in [1.165, 1.54) is 0 Å². The number of anilines is 1. The summed E-state index contributed by atoms with van der Waals surface area (Å²) in [5.74, 6) is 1.24. The lowest BCUT2D eigenvalue weighted by Gasteiger charge is -2.04. The molecule has 17 heavy (non-hydrogen) atoms. The minimum Gasteiger partial charge on any atom is -0.384 e. The van der Waals surface area contributed by atoms with Gasteiger partial charge in [-0.1, -0.05) is 0 Å². The summed E-state index contributed by atoms with van der Waals surface area (Å²) >= 11 is 0. The van der Waals surface area contributed by atoms with Crippen LogP contribution >= 0.6 is 0 Å². The summed E-state index contributed by atoms with van der Waals surface area (Å²) in [6.45, 7) is 0. The van der Waals surface area contributed by atoms with E-state index in [0.29, 0.717) is 11.6 Å². The number of aromatic amines is 1. The van der Waals surface area contributed by atoms with Crippen LogP contribution < -0.4 is 5.73 Å². The first-order valence-corrected chi connectivity index (χ1v) is 5.09. The molecule has 0 bridgehead atoms. The zero-order valence-corrected chi connectivity index (χ0v) is 8.91. The van der Waals surface area contributed by atoms with Gasteiger partial charge < -0.3 is 10.7 Å². The van der Waals surface area contributed by atoms with Crippen molar-refractivity contribution in [2.24, 2.45) is 0 Å². The molecule has 0 aromatic carbocycles. The van der Waals surface area contributed by atoms with Gasteiger partial charge in [-0.15, -0.1) is 0 Å². The van der Waals surface area contributed by atoms with Gasteiger partial charge in [0.05, 0.1) is 24.4 Å². The zero-order valence-electron chi connectivity index (χ0n) is 8.91. The topological polar surface area (TPSA) is 85.4 Å². The molecule has 3 rings (SSSR count). The lowest BCUT2D eigenvalue weighted by atomic mass is 10.2. The maximum Gasteiger partial charge on any atom is 0.156 e. The highest BCUT2D eigenvalue weighted by Gasteiger charge is 2.05. The van der Waals surface area contributed by atoms with Gasteiger partial charge in [0.15, 0.2) is 5.82 Å². The summed E-state index contributed by atoms with van der Waals surface area (Å²) in [6.07, 6.45) is 6.75. The van der Waals surface area contributed by atoms with E-state index in [9.17, 15) is 0 Å². The maximum absolute atomic E-state index is 5.78. The number of aromatic nitrogens is 5. The first-order chi connectivity index (χ1) is 8.34. The number of rotatable bonds is 2. The maximum atomic E-state index is 5.78. The number of nitrogens with one attached hydrogen (secondary N) is 1. The molecule has 6 heteroatoms. The smallest absolute Gasteiger partial charge is 0.156 e. The fourth-order valence-corrected chi connectivity index (χ4v) is 1.62. The molecule has 3 N–H and O–H groups in total. The first-order valence-electron chi connectivity index (χ1n) is 5.09. The Balaban J connectivity index is 2.09. The molecule has 0 saturated heterocycles. The molecular weight excluding hydrogens is 216 g/mol. The fourth-order valence-electron chi connectivity index (χ4n) is 1.62. The lowest BCUT2D eigenvalue weighted by molar-refractivity contribution is 0.857. The second kappa shape index (κ2) is 3.75. The van der Waals surface area contributed by atoms with Gasteiger partial charge in [0.25, 0.3) is 0 Å². The molecule has 0 radical (unpaired) electrons. The normalized spacial score (nSPS) is 10.6. The summed E-state index contributed by atoms with van der Waals surface area (Å²) in [4.78, 5) is 11.3. The van der Waals surface area contributed by atoms with Crippen molar-refractivity contribution in [2.75, 3.05) is 5.73 Å². The SMILES string of the molecule is Nc1ccnn1-c1cc(-c2cnc[nH]2)ccn1. The summed E-state index contributed by atoms with van der Waals surface area (Å²) < 4.78 is 1.58. The highest BCUT2D eigenvalue weighted by molar-refractivity contribution is 5.60. The number of H-pyrrole nitrogens is 1. The monoisotopic (exact) mass is 226 g/mol. The van der Waals surface area contributed by atoms with Gasteiger partial charge in [0, 0.05) is 17.8 Å². The van der Waals surface area contributed by atoms with Crippen molar-refractivity contribution >= 4 is 5.82 Å². The van der Waals surface area contributed by atoms with Gasteiger partial charge in [-0.05, 0) is 12.1 Å². The van der Waals surface area contributed by atoms with Crippen molar-refractivity contribution in [3.63, 3.8) is 0 Å². The van der Waals surface area contributed by atoms with Crippen molar-refractivity contribution < 1.29 is 0 Å². The number of nitrogens with two attached hydrogens (primary N) is 1. The molecule has 0 saturated carbocycles. The molecule has 0 aliphatic rings. The van der Waals surface area contributed by atoms with Crippen LogP contribution in [0.25, 0.3) is 17.1 Å². The van der Waals surface area contributed by atoms with Crippen LogP contribution in [0.2, 0.25) is 0 Å². The predicted molar refractivity (Wildman–Crippen MR) is 63.4 cm³/mol. The zero-order chi connectivity index (χ0) is 11.7. The lowest BCUT2D eigenvalue weighted by Crippen LogP contribution is -2.03. The van der Waals surface area contributed by atoms with Crippen LogP contribution in [0.1, 0.15) is 0 Å². The van der Waals surface area contributed by atoms with Gasteiger partial charge in [0.2, 0.25) is 0 Å². The van der Waals surface area contributed by atoms with Gasteiger partial charge in [-0.25, -0.2) is 9.97 Å². The number of hydrogen-bond acceptors (Lipinski definition) is 4. The van der Waals surface area contributed by atoms with E-state index in [4.69, 9.17) is 5.73 Å². The van der Waals surface area contributed by atoms with Crippen LogP contribution in [0, 0.1) is 0 Å². The third-order valence-electron chi connectivity index (χ3n) is 2.44. The molecule has 0 unspecified atom stereocenters. The van der Waals surface area contributed by atoms with Crippen molar-refractivity contribution in [1.82, 2.24) is 24.7 Å². The number of hydrogen-bond donors (Lipinski definition) is 2. The van der Waals surface area contributed by atoms with Crippen molar-refractivity contribution in [2.45, 2.75) is 0 Å². The molecule has 0 fully saturated rings. The largest absolute Gasteiger partial charge is 0.384 e. The average Bonchev–Trinajstić information content (AvgIpc) is 2.99. The Morgan fingerprint density at radius 2 is 2.18 bits per heavy atom. The third kappa shape index (κ3) is 1.65. The summed E-state index contributed by atoms with van der Waals surface area (Å²) in [6, 6.07) is 5.53. The van der Waals surface area contributed by atoms with Gasteiger partial charge >= 0.3 is 0 Å². The average molecular weight is 226 g/mol. The van der Waals surface area contributed by atoms with E-state index < -0.39 is 0 Å². The third-order valence-corrected chi connectivity index (χ3v) is 2.44.